The quantitative estimate of drug-likeness (QED) is 0.394. The van der Waals surface area contributed by atoms with E-state index in [0.717, 1.165) is 0 Å². The molecule has 5 atom stereocenters. The number of aliphatic hydroxyl groups is 4. The van der Waals surface area contributed by atoms with Crippen LogP contribution in [0.15, 0.2) is 17.1 Å². The van der Waals surface area contributed by atoms with E-state index < -0.39 is 42.8 Å². The number of aromatic amines is 1. The van der Waals surface area contributed by atoms with E-state index in [-0.39, 0.29) is 4.77 Å². The molecule has 106 valence electrons. The Labute approximate surface area is 112 Å². The van der Waals surface area contributed by atoms with Gasteiger partial charge in [0.25, 0.3) is 5.56 Å². The molecule has 19 heavy (non-hydrogen) atoms. The standard InChI is InChI=1S/C10H14N2O6S/c13-3-4-6(15)7(16)8(17)9(18-4)12-2-1-5(14)11-10(12)19/h1-2,4,6-9,13,15-17H,3H2,(H,11,14,19)/t4-,6+,7+,8-,9-/m1/s1. The molecule has 1 aliphatic rings. The average molecular weight is 290 g/mol. The minimum atomic E-state index is -1.50. The molecule has 1 aromatic rings. The molecular weight excluding hydrogens is 276 g/mol. The van der Waals surface area contributed by atoms with Crippen molar-refractivity contribution >= 4 is 12.2 Å². The van der Waals surface area contributed by atoms with Crippen LogP contribution in [0.3, 0.4) is 0 Å². The zero-order valence-corrected chi connectivity index (χ0v) is 10.5. The number of ether oxygens (including phenoxy) is 1. The van der Waals surface area contributed by atoms with Gasteiger partial charge in [0, 0.05) is 12.3 Å². The van der Waals surface area contributed by atoms with Gasteiger partial charge in [-0.05, 0) is 12.2 Å². The van der Waals surface area contributed by atoms with E-state index in [1.807, 2.05) is 0 Å². The van der Waals surface area contributed by atoms with E-state index in [1.54, 1.807) is 0 Å². The first kappa shape index (κ1) is 14.3. The maximum absolute atomic E-state index is 11.1. The SMILES string of the molecule is O=c1ccn([C@@H]2O[C@H](CO)[C@H](O)[C@H](O)[C@H]2O)c(=S)[nH]1. The number of H-pyrrole nitrogens is 1. The van der Waals surface area contributed by atoms with Gasteiger partial charge in [0.15, 0.2) is 11.0 Å². The Kier molecular flexibility index (Phi) is 4.13. The zero-order valence-electron chi connectivity index (χ0n) is 9.71. The average Bonchev–Trinajstić information content (AvgIpc) is 2.38. The third kappa shape index (κ3) is 2.61. The summed E-state index contributed by atoms with van der Waals surface area (Å²) < 4.78 is 6.53. The molecule has 0 spiro atoms. The zero-order chi connectivity index (χ0) is 14.2. The first-order chi connectivity index (χ1) is 8.95. The summed E-state index contributed by atoms with van der Waals surface area (Å²) in [5.41, 5.74) is -0.411. The number of aliphatic hydroxyl groups excluding tert-OH is 4. The summed E-state index contributed by atoms with van der Waals surface area (Å²) in [7, 11) is 0. The summed E-state index contributed by atoms with van der Waals surface area (Å²) in [5, 5.41) is 38.3. The van der Waals surface area contributed by atoms with Crippen LogP contribution in [0.1, 0.15) is 6.23 Å². The van der Waals surface area contributed by atoms with Crippen molar-refractivity contribution in [2.75, 3.05) is 6.61 Å². The van der Waals surface area contributed by atoms with Gasteiger partial charge in [0.1, 0.15) is 24.4 Å². The summed E-state index contributed by atoms with van der Waals surface area (Å²) >= 11 is 4.93. The van der Waals surface area contributed by atoms with Crippen LogP contribution in [-0.2, 0) is 4.74 Å². The van der Waals surface area contributed by atoms with E-state index in [2.05, 4.69) is 4.98 Å². The van der Waals surface area contributed by atoms with E-state index in [4.69, 9.17) is 22.1 Å². The molecule has 0 amide bonds. The Morgan fingerprint density at radius 2 is 2.00 bits per heavy atom. The van der Waals surface area contributed by atoms with Crippen LogP contribution in [-0.4, -0.2) is 61.0 Å². The minimum Gasteiger partial charge on any atom is -0.394 e. The Bertz CT molecular complexity index is 555. The van der Waals surface area contributed by atoms with Crippen LogP contribution in [0.2, 0.25) is 0 Å². The van der Waals surface area contributed by atoms with Crippen molar-refractivity contribution in [3.63, 3.8) is 0 Å². The first-order valence-electron chi connectivity index (χ1n) is 5.57. The molecule has 8 nitrogen and oxygen atoms in total. The highest BCUT2D eigenvalue weighted by molar-refractivity contribution is 7.71. The lowest BCUT2D eigenvalue weighted by Crippen LogP contribution is -2.56. The van der Waals surface area contributed by atoms with Crippen molar-refractivity contribution in [1.29, 1.82) is 0 Å². The van der Waals surface area contributed by atoms with Crippen molar-refractivity contribution < 1.29 is 25.2 Å². The van der Waals surface area contributed by atoms with Gasteiger partial charge in [0.05, 0.1) is 6.61 Å². The molecule has 9 heteroatoms. The Balaban J connectivity index is 2.38. The molecule has 2 heterocycles. The summed E-state index contributed by atoms with van der Waals surface area (Å²) in [6.07, 6.45) is -5.22. The second-order valence-corrected chi connectivity index (χ2v) is 4.62. The summed E-state index contributed by atoms with van der Waals surface area (Å²) in [4.78, 5) is 13.4. The molecule has 0 aromatic carbocycles. The van der Waals surface area contributed by atoms with Crippen LogP contribution in [0.5, 0.6) is 0 Å². The fraction of sp³-hybridized carbons (Fsp3) is 0.600. The monoisotopic (exact) mass is 290 g/mol. The van der Waals surface area contributed by atoms with Gasteiger partial charge in [-0.25, -0.2) is 0 Å². The smallest absolute Gasteiger partial charge is 0.251 e. The maximum atomic E-state index is 11.1. The Morgan fingerprint density at radius 1 is 1.32 bits per heavy atom. The van der Waals surface area contributed by atoms with Gasteiger partial charge >= 0.3 is 0 Å². The van der Waals surface area contributed by atoms with Crippen LogP contribution in [0, 0.1) is 4.77 Å². The number of hydrogen-bond donors (Lipinski definition) is 5. The first-order valence-corrected chi connectivity index (χ1v) is 5.98. The van der Waals surface area contributed by atoms with Crippen molar-refractivity contribution in [3.05, 3.63) is 27.4 Å². The predicted octanol–water partition coefficient (Wildman–Crippen LogP) is -2.12. The number of hydrogen-bond acceptors (Lipinski definition) is 7. The molecule has 1 saturated heterocycles. The second-order valence-electron chi connectivity index (χ2n) is 4.24. The Morgan fingerprint density at radius 3 is 2.58 bits per heavy atom. The minimum absolute atomic E-state index is 0.00294. The van der Waals surface area contributed by atoms with E-state index in [9.17, 15) is 20.1 Å². The van der Waals surface area contributed by atoms with Gasteiger partial charge in [-0.2, -0.15) is 0 Å². The molecule has 1 aromatic heterocycles. The molecule has 5 N–H and O–H groups in total. The summed E-state index contributed by atoms with van der Waals surface area (Å²) in [6.45, 7) is -0.530. The molecule has 0 unspecified atom stereocenters. The molecule has 2 rings (SSSR count). The number of aromatic nitrogens is 2. The van der Waals surface area contributed by atoms with Crippen LogP contribution >= 0.6 is 12.2 Å². The van der Waals surface area contributed by atoms with E-state index in [0.29, 0.717) is 0 Å². The fourth-order valence-corrected chi connectivity index (χ4v) is 2.20. The van der Waals surface area contributed by atoms with Gasteiger partial charge in [-0.1, -0.05) is 0 Å². The Hall–Kier alpha value is -1.10. The van der Waals surface area contributed by atoms with Gasteiger partial charge in [-0.15, -0.1) is 0 Å². The van der Waals surface area contributed by atoms with Gasteiger partial charge in [0.2, 0.25) is 0 Å². The molecular formula is C10H14N2O6S. The summed E-state index contributed by atoms with van der Waals surface area (Å²) in [5.74, 6) is 0. The summed E-state index contributed by atoms with van der Waals surface area (Å²) in [6, 6.07) is 1.18. The van der Waals surface area contributed by atoms with Gasteiger partial charge < -0.3 is 25.2 Å². The lowest BCUT2D eigenvalue weighted by molar-refractivity contribution is -0.251. The highest BCUT2D eigenvalue weighted by Gasteiger charge is 2.44. The molecule has 0 radical (unpaired) electrons. The number of nitrogens with one attached hydrogen (secondary N) is 1. The van der Waals surface area contributed by atoms with Crippen LogP contribution in [0.4, 0.5) is 0 Å². The fourth-order valence-electron chi connectivity index (χ4n) is 1.94. The van der Waals surface area contributed by atoms with Crippen molar-refractivity contribution in [3.8, 4) is 0 Å². The third-order valence-corrected chi connectivity index (χ3v) is 3.31. The van der Waals surface area contributed by atoms with Crippen molar-refractivity contribution in [2.45, 2.75) is 30.6 Å². The highest BCUT2D eigenvalue weighted by Crippen LogP contribution is 2.27. The van der Waals surface area contributed by atoms with Crippen molar-refractivity contribution in [1.82, 2.24) is 9.55 Å². The van der Waals surface area contributed by atoms with Crippen molar-refractivity contribution in [2.24, 2.45) is 0 Å². The predicted molar refractivity (Wildman–Crippen MR) is 64.9 cm³/mol. The highest BCUT2D eigenvalue weighted by atomic mass is 32.1. The lowest BCUT2D eigenvalue weighted by Gasteiger charge is -2.40. The molecule has 0 aliphatic carbocycles. The van der Waals surface area contributed by atoms with Crippen LogP contribution < -0.4 is 5.56 Å². The van der Waals surface area contributed by atoms with Gasteiger partial charge in [-0.3, -0.25) is 14.3 Å². The molecule has 0 saturated carbocycles. The molecule has 0 bridgehead atoms. The molecule has 1 fully saturated rings. The number of nitrogens with zero attached hydrogens (tertiary/aromatic N) is 1. The van der Waals surface area contributed by atoms with Crippen LogP contribution in [0.25, 0.3) is 0 Å². The van der Waals surface area contributed by atoms with E-state index in [1.165, 1.54) is 16.8 Å². The normalized spacial score (nSPS) is 35.3. The largest absolute Gasteiger partial charge is 0.394 e. The maximum Gasteiger partial charge on any atom is 0.251 e. The van der Waals surface area contributed by atoms with E-state index >= 15 is 0 Å². The topological polar surface area (TPSA) is 128 Å². The second kappa shape index (κ2) is 5.49. The number of rotatable bonds is 2. The molecule has 1 aliphatic heterocycles. The third-order valence-electron chi connectivity index (χ3n) is 2.99. The lowest BCUT2D eigenvalue weighted by atomic mass is 9.98.